The van der Waals surface area contributed by atoms with Crippen molar-refractivity contribution in [3.05, 3.63) is 84.1 Å². The van der Waals surface area contributed by atoms with Crippen molar-refractivity contribution in [2.45, 2.75) is 26.4 Å². The fourth-order valence-corrected chi connectivity index (χ4v) is 2.91. The summed E-state index contributed by atoms with van der Waals surface area (Å²) >= 11 is 0. The van der Waals surface area contributed by atoms with Gasteiger partial charge in [-0.25, -0.2) is 4.98 Å². The third-order valence-corrected chi connectivity index (χ3v) is 4.50. The third kappa shape index (κ3) is 5.98. The van der Waals surface area contributed by atoms with Crippen LogP contribution in [0.5, 0.6) is 17.4 Å². The topological polar surface area (TPSA) is 67.8 Å². The van der Waals surface area contributed by atoms with E-state index in [0.717, 1.165) is 11.5 Å². The molecule has 1 aromatic heterocycles. The summed E-state index contributed by atoms with van der Waals surface area (Å²) in [7, 11) is 1.76. The highest BCUT2D eigenvalue weighted by atomic mass is 16.5. The predicted octanol–water partition coefficient (Wildman–Crippen LogP) is 4.70. The molecule has 0 fully saturated rings. The molecule has 0 aliphatic rings. The molecule has 0 bridgehead atoms. The van der Waals surface area contributed by atoms with E-state index < -0.39 is 0 Å². The van der Waals surface area contributed by atoms with Crippen LogP contribution >= 0.6 is 0 Å². The number of aromatic nitrogens is 1. The number of rotatable bonds is 8. The van der Waals surface area contributed by atoms with Crippen molar-refractivity contribution in [3.8, 4) is 17.4 Å². The quantitative estimate of drug-likeness (QED) is 0.421. The molecule has 1 heterocycles. The van der Waals surface area contributed by atoms with E-state index in [9.17, 15) is 0 Å². The van der Waals surface area contributed by atoms with Gasteiger partial charge in [-0.2, -0.15) is 0 Å². The molecule has 3 rings (SSSR count). The molecule has 0 amide bonds. The summed E-state index contributed by atoms with van der Waals surface area (Å²) in [6.07, 6.45) is 1.79. The van der Waals surface area contributed by atoms with Gasteiger partial charge >= 0.3 is 0 Å². The van der Waals surface area contributed by atoms with Gasteiger partial charge in [0.05, 0.1) is 12.6 Å². The van der Waals surface area contributed by atoms with Gasteiger partial charge in [-0.3, -0.25) is 4.99 Å². The largest absolute Gasteiger partial charge is 0.490 e. The van der Waals surface area contributed by atoms with Gasteiger partial charge in [0.15, 0.2) is 17.5 Å². The molecule has 2 N–H and O–H groups in total. The average molecular weight is 405 g/mol. The van der Waals surface area contributed by atoms with E-state index in [1.54, 1.807) is 13.2 Å². The van der Waals surface area contributed by atoms with Crippen LogP contribution in [0.1, 0.15) is 31.0 Å². The molecule has 6 nitrogen and oxygen atoms in total. The highest BCUT2D eigenvalue weighted by Crippen LogP contribution is 2.30. The second-order valence-electron chi connectivity index (χ2n) is 6.69. The second kappa shape index (κ2) is 10.9. The van der Waals surface area contributed by atoms with Crippen molar-refractivity contribution >= 4 is 5.96 Å². The van der Waals surface area contributed by atoms with Crippen molar-refractivity contribution in [1.29, 1.82) is 0 Å². The van der Waals surface area contributed by atoms with Crippen LogP contribution in [-0.4, -0.2) is 24.6 Å². The normalized spacial score (nSPS) is 12.2. The van der Waals surface area contributed by atoms with E-state index in [1.165, 1.54) is 5.56 Å². The Kier molecular flexibility index (Phi) is 7.66. The Morgan fingerprint density at radius 2 is 1.73 bits per heavy atom. The van der Waals surface area contributed by atoms with Gasteiger partial charge in [-0.15, -0.1) is 0 Å². The molecular weight excluding hydrogens is 376 g/mol. The van der Waals surface area contributed by atoms with Gasteiger partial charge in [0.25, 0.3) is 0 Å². The third-order valence-electron chi connectivity index (χ3n) is 4.50. The minimum Gasteiger partial charge on any atom is -0.490 e. The standard InChI is InChI=1S/C24H28N4O2/c1-4-29-21-12-8-9-13-22(21)30-23-15-14-19(16-26-23)17-27-24(25-3)28-18(2)20-10-6-5-7-11-20/h5-16,18H,4,17H2,1-3H3,(H2,25,27,28). The zero-order valence-electron chi connectivity index (χ0n) is 17.6. The number of aliphatic imine (C=N–C) groups is 1. The molecular formula is C24H28N4O2. The molecule has 3 aromatic rings. The number of hydrogen-bond acceptors (Lipinski definition) is 4. The lowest BCUT2D eigenvalue weighted by molar-refractivity contribution is 0.319. The van der Waals surface area contributed by atoms with Crippen LogP contribution in [0.25, 0.3) is 0 Å². The molecule has 156 valence electrons. The molecule has 1 unspecified atom stereocenters. The smallest absolute Gasteiger partial charge is 0.219 e. The molecule has 0 saturated carbocycles. The molecule has 0 spiro atoms. The maximum atomic E-state index is 5.87. The first kappa shape index (κ1) is 21.2. The highest BCUT2D eigenvalue weighted by molar-refractivity contribution is 5.80. The summed E-state index contributed by atoms with van der Waals surface area (Å²) in [6, 6.07) is 21.8. The number of nitrogens with one attached hydrogen (secondary N) is 2. The van der Waals surface area contributed by atoms with Crippen LogP contribution in [0.2, 0.25) is 0 Å². The zero-order valence-corrected chi connectivity index (χ0v) is 17.6. The average Bonchev–Trinajstić information content (AvgIpc) is 2.79. The first-order chi connectivity index (χ1) is 14.7. The van der Waals surface area contributed by atoms with Crippen molar-refractivity contribution in [2.75, 3.05) is 13.7 Å². The van der Waals surface area contributed by atoms with Crippen molar-refractivity contribution in [2.24, 2.45) is 4.99 Å². The Balaban J connectivity index is 1.55. The van der Waals surface area contributed by atoms with Crippen LogP contribution in [0, 0.1) is 0 Å². The van der Waals surface area contributed by atoms with Gasteiger partial charge in [0.1, 0.15) is 0 Å². The van der Waals surface area contributed by atoms with E-state index in [1.807, 2.05) is 61.5 Å². The summed E-state index contributed by atoms with van der Waals surface area (Å²) in [5.41, 5.74) is 2.23. The van der Waals surface area contributed by atoms with Gasteiger partial charge in [-0.05, 0) is 37.1 Å². The number of guanidine groups is 1. The summed E-state index contributed by atoms with van der Waals surface area (Å²) in [5.74, 6) is 2.61. The molecule has 1 atom stereocenters. The lowest BCUT2D eigenvalue weighted by Gasteiger charge is -2.18. The Morgan fingerprint density at radius 1 is 1.00 bits per heavy atom. The van der Waals surface area contributed by atoms with Gasteiger partial charge < -0.3 is 20.1 Å². The molecule has 0 aliphatic carbocycles. The Bertz CT molecular complexity index is 943. The maximum absolute atomic E-state index is 5.87. The van der Waals surface area contributed by atoms with Gasteiger partial charge in [-0.1, -0.05) is 48.5 Å². The number of nitrogens with zero attached hydrogens (tertiary/aromatic N) is 2. The van der Waals surface area contributed by atoms with E-state index in [0.29, 0.717) is 30.5 Å². The number of hydrogen-bond donors (Lipinski definition) is 2. The van der Waals surface area contributed by atoms with Crippen LogP contribution in [0.4, 0.5) is 0 Å². The van der Waals surface area contributed by atoms with Crippen molar-refractivity contribution in [1.82, 2.24) is 15.6 Å². The maximum Gasteiger partial charge on any atom is 0.219 e. The summed E-state index contributed by atoms with van der Waals surface area (Å²) < 4.78 is 11.5. The summed E-state index contributed by atoms with van der Waals surface area (Å²) in [6.45, 7) is 5.23. The highest BCUT2D eigenvalue weighted by Gasteiger charge is 2.08. The minimum atomic E-state index is 0.150. The lowest BCUT2D eigenvalue weighted by atomic mass is 10.1. The van der Waals surface area contributed by atoms with E-state index in [-0.39, 0.29) is 6.04 Å². The Labute approximate surface area is 178 Å². The number of pyridine rings is 1. The Morgan fingerprint density at radius 3 is 2.40 bits per heavy atom. The van der Waals surface area contributed by atoms with Crippen LogP contribution in [0.3, 0.4) is 0 Å². The molecule has 0 saturated heterocycles. The summed E-state index contributed by atoms with van der Waals surface area (Å²) in [4.78, 5) is 8.71. The molecule has 0 aliphatic heterocycles. The van der Waals surface area contributed by atoms with Crippen LogP contribution in [0.15, 0.2) is 77.9 Å². The van der Waals surface area contributed by atoms with Gasteiger partial charge in [0.2, 0.25) is 5.88 Å². The van der Waals surface area contributed by atoms with Gasteiger partial charge in [0, 0.05) is 25.9 Å². The number of benzene rings is 2. The zero-order chi connectivity index (χ0) is 21.2. The first-order valence-corrected chi connectivity index (χ1v) is 10.1. The van der Waals surface area contributed by atoms with Crippen molar-refractivity contribution < 1.29 is 9.47 Å². The SMILES string of the molecule is CCOc1ccccc1Oc1ccc(CNC(=NC)NC(C)c2ccccc2)cn1. The fourth-order valence-electron chi connectivity index (χ4n) is 2.91. The Hall–Kier alpha value is -3.54. The molecule has 30 heavy (non-hydrogen) atoms. The minimum absolute atomic E-state index is 0.150. The molecule has 2 aromatic carbocycles. The van der Waals surface area contributed by atoms with E-state index in [4.69, 9.17) is 9.47 Å². The predicted molar refractivity (Wildman–Crippen MR) is 120 cm³/mol. The lowest BCUT2D eigenvalue weighted by Crippen LogP contribution is -2.38. The van der Waals surface area contributed by atoms with Crippen LogP contribution < -0.4 is 20.1 Å². The van der Waals surface area contributed by atoms with Crippen molar-refractivity contribution in [3.63, 3.8) is 0 Å². The monoisotopic (exact) mass is 404 g/mol. The van der Waals surface area contributed by atoms with E-state index >= 15 is 0 Å². The van der Waals surface area contributed by atoms with Crippen LogP contribution in [-0.2, 0) is 6.54 Å². The number of ether oxygens (including phenoxy) is 2. The summed E-state index contributed by atoms with van der Waals surface area (Å²) in [5, 5.41) is 6.71. The molecule has 6 heteroatoms. The fraction of sp³-hybridized carbons (Fsp3) is 0.250. The van der Waals surface area contributed by atoms with E-state index in [2.05, 4.69) is 39.7 Å². The first-order valence-electron chi connectivity index (χ1n) is 10.1. The molecule has 0 radical (unpaired) electrons. The number of para-hydroxylation sites is 2. The second-order valence-corrected chi connectivity index (χ2v) is 6.69.